The van der Waals surface area contributed by atoms with Crippen LogP contribution in [0.3, 0.4) is 0 Å². The first kappa shape index (κ1) is 22.1. The van der Waals surface area contributed by atoms with Gasteiger partial charge in [0.2, 0.25) is 0 Å². The number of methoxy groups -OCH3 is 2. The molecule has 1 aromatic heterocycles. The van der Waals surface area contributed by atoms with E-state index in [2.05, 4.69) is 20.8 Å². The van der Waals surface area contributed by atoms with Crippen molar-refractivity contribution in [3.05, 3.63) is 35.2 Å². The van der Waals surface area contributed by atoms with Crippen molar-refractivity contribution in [2.24, 2.45) is 4.99 Å². The smallest absolute Gasteiger partial charge is 0.195 e. The second-order valence-electron chi connectivity index (χ2n) is 5.60. The number of aryl methyl sites for hydroxylation is 2. The lowest BCUT2D eigenvalue weighted by Crippen LogP contribution is -2.31. The van der Waals surface area contributed by atoms with Gasteiger partial charge in [-0.1, -0.05) is 5.16 Å². The van der Waals surface area contributed by atoms with Crippen LogP contribution in [0, 0.1) is 13.8 Å². The van der Waals surface area contributed by atoms with Crippen LogP contribution in [-0.2, 0) is 6.42 Å². The molecule has 0 spiro atoms. The fourth-order valence-electron chi connectivity index (χ4n) is 2.56. The van der Waals surface area contributed by atoms with Crippen LogP contribution in [0.25, 0.3) is 0 Å². The standard InChI is InChI=1S/C18H26N4O3.HI/c1-12-15(13(2)25-22-12)7-6-10-20-18(19-3)21-14-8-9-16(23-4)17(11-14)24-5;/h8-9,11H,6-7,10H2,1-5H3,(H2,19,20,21);1H. The van der Waals surface area contributed by atoms with E-state index in [1.807, 2.05) is 32.0 Å². The maximum Gasteiger partial charge on any atom is 0.195 e. The molecule has 0 saturated carbocycles. The lowest BCUT2D eigenvalue weighted by atomic mass is 10.1. The van der Waals surface area contributed by atoms with Crippen molar-refractivity contribution in [2.75, 3.05) is 33.1 Å². The maximum atomic E-state index is 5.31. The molecular formula is C18H27IN4O3. The molecule has 0 unspecified atom stereocenters. The van der Waals surface area contributed by atoms with Crippen LogP contribution in [0.5, 0.6) is 11.5 Å². The van der Waals surface area contributed by atoms with Gasteiger partial charge in [-0.05, 0) is 38.8 Å². The zero-order valence-corrected chi connectivity index (χ0v) is 18.2. The summed E-state index contributed by atoms with van der Waals surface area (Å²) in [7, 11) is 4.97. The summed E-state index contributed by atoms with van der Waals surface area (Å²) in [5.41, 5.74) is 3.02. The van der Waals surface area contributed by atoms with E-state index in [1.54, 1.807) is 21.3 Å². The molecule has 7 nitrogen and oxygen atoms in total. The Kier molecular flexibility index (Phi) is 9.25. The zero-order valence-electron chi connectivity index (χ0n) is 15.9. The van der Waals surface area contributed by atoms with Crippen LogP contribution in [0.2, 0.25) is 0 Å². The molecule has 0 aliphatic heterocycles. The number of benzene rings is 1. The Morgan fingerprint density at radius 2 is 1.92 bits per heavy atom. The largest absolute Gasteiger partial charge is 0.493 e. The van der Waals surface area contributed by atoms with E-state index < -0.39 is 0 Å². The van der Waals surface area contributed by atoms with Gasteiger partial charge in [0.1, 0.15) is 5.76 Å². The van der Waals surface area contributed by atoms with Crippen LogP contribution in [0.1, 0.15) is 23.4 Å². The van der Waals surface area contributed by atoms with Gasteiger partial charge in [-0.2, -0.15) is 0 Å². The van der Waals surface area contributed by atoms with E-state index in [1.165, 1.54) is 5.56 Å². The van der Waals surface area contributed by atoms with Gasteiger partial charge >= 0.3 is 0 Å². The molecule has 2 aromatic rings. The average molecular weight is 474 g/mol. The first-order chi connectivity index (χ1) is 12.1. The summed E-state index contributed by atoms with van der Waals surface area (Å²) in [6.45, 7) is 4.70. The van der Waals surface area contributed by atoms with E-state index in [4.69, 9.17) is 14.0 Å². The molecule has 26 heavy (non-hydrogen) atoms. The third-order valence-electron chi connectivity index (χ3n) is 3.95. The Bertz CT molecular complexity index is 712. The van der Waals surface area contributed by atoms with Crippen LogP contribution >= 0.6 is 24.0 Å². The summed E-state index contributed by atoms with van der Waals surface area (Å²) < 4.78 is 15.7. The number of ether oxygens (including phenoxy) is 2. The molecule has 2 rings (SSSR count). The molecule has 144 valence electrons. The summed E-state index contributed by atoms with van der Waals surface area (Å²) in [6.07, 6.45) is 1.87. The minimum Gasteiger partial charge on any atom is -0.493 e. The minimum absolute atomic E-state index is 0. The quantitative estimate of drug-likeness (QED) is 0.277. The first-order valence-electron chi connectivity index (χ1n) is 8.20. The van der Waals surface area contributed by atoms with Crippen LogP contribution in [-0.4, -0.2) is 38.9 Å². The molecular weight excluding hydrogens is 447 g/mol. The molecule has 1 heterocycles. The molecule has 0 radical (unpaired) electrons. The highest BCUT2D eigenvalue weighted by Gasteiger charge is 2.09. The van der Waals surface area contributed by atoms with Gasteiger partial charge in [-0.3, -0.25) is 4.99 Å². The predicted octanol–water partition coefficient (Wildman–Crippen LogP) is 3.55. The predicted molar refractivity (Wildman–Crippen MR) is 114 cm³/mol. The van der Waals surface area contributed by atoms with Crippen molar-refractivity contribution < 1.29 is 14.0 Å². The molecule has 0 saturated heterocycles. The average Bonchev–Trinajstić information content (AvgIpc) is 2.95. The van der Waals surface area contributed by atoms with Gasteiger partial charge in [0.05, 0.1) is 19.9 Å². The summed E-state index contributed by atoms with van der Waals surface area (Å²) in [4.78, 5) is 4.24. The Morgan fingerprint density at radius 3 is 2.50 bits per heavy atom. The van der Waals surface area contributed by atoms with Gasteiger partial charge < -0.3 is 24.6 Å². The van der Waals surface area contributed by atoms with E-state index >= 15 is 0 Å². The second kappa shape index (κ2) is 10.9. The number of anilines is 1. The Hall–Kier alpha value is -1.97. The van der Waals surface area contributed by atoms with Crippen LogP contribution in [0.4, 0.5) is 5.69 Å². The molecule has 0 atom stereocenters. The van der Waals surface area contributed by atoms with E-state index in [9.17, 15) is 0 Å². The third-order valence-corrected chi connectivity index (χ3v) is 3.95. The molecule has 0 aliphatic rings. The fraction of sp³-hybridized carbons (Fsp3) is 0.444. The lowest BCUT2D eigenvalue weighted by Gasteiger charge is -2.14. The number of hydrogen-bond donors (Lipinski definition) is 2. The van der Waals surface area contributed by atoms with E-state index in [-0.39, 0.29) is 24.0 Å². The highest BCUT2D eigenvalue weighted by Crippen LogP contribution is 2.29. The number of halogens is 1. The van der Waals surface area contributed by atoms with Crippen molar-refractivity contribution in [3.8, 4) is 11.5 Å². The van der Waals surface area contributed by atoms with Crippen LogP contribution in [0.15, 0.2) is 27.7 Å². The highest BCUT2D eigenvalue weighted by atomic mass is 127. The summed E-state index contributed by atoms with van der Waals surface area (Å²) >= 11 is 0. The summed E-state index contributed by atoms with van der Waals surface area (Å²) in [5.74, 6) is 2.95. The number of aliphatic imine (C=N–C) groups is 1. The van der Waals surface area contributed by atoms with Crippen molar-refractivity contribution in [1.29, 1.82) is 0 Å². The third kappa shape index (κ3) is 5.79. The molecule has 0 fully saturated rings. The molecule has 0 amide bonds. The van der Waals surface area contributed by atoms with Crippen molar-refractivity contribution >= 4 is 35.6 Å². The van der Waals surface area contributed by atoms with Crippen molar-refractivity contribution in [1.82, 2.24) is 10.5 Å². The normalized spacial score (nSPS) is 10.9. The van der Waals surface area contributed by atoms with Crippen molar-refractivity contribution in [2.45, 2.75) is 26.7 Å². The van der Waals surface area contributed by atoms with Crippen molar-refractivity contribution in [3.63, 3.8) is 0 Å². The monoisotopic (exact) mass is 474 g/mol. The number of aromatic nitrogens is 1. The Morgan fingerprint density at radius 1 is 1.19 bits per heavy atom. The Balaban J connectivity index is 0.00000338. The van der Waals surface area contributed by atoms with E-state index in [0.29, 0.717) is 17.5 Å². The SMILES string of the molecule is CN=C(NCCCc1c(C)noc1C)Nc1ccc(OC)c(OC)c1.I. The van der Waals surface area contributed by atoms with Crippen LogP contribution < -0.4 is 20.1 Å². The number of hydrogen-bond acceptors (Lipinski definition) is 5. The summed E-state index contributed by atoms with van der Waals surface area (Å²) in [6, 6.07) is 5.64. The van der Waals surface area contributed by atoms with E-state index in [0.717, 1.165) is 36.5 Å². The molecule has 1 aromatic carbocycles. The van der Waals surface area contributed by atoms with Gasteiger partial charge in [-0.25, -0.2) is 0 Å². The highest BCUT2D eigenvalue weighted by molar-refractivity contribution is 14.0. The molecule has 0 aliphatic carbocycles. The minimum atomic E-state index is 0. The first-order valence-corrected chi connectivity index (χ1v) is 8.20. The fourth-order valence-corrected chi connectivity index (χ4v) is 2.56. The molecule has 0 bridgehead atoms. The number of nitrogens with one attached hydrogen (secondary N) is 2. The topological polar surface area (TPSA) is 80.9 Å². The Labute approximate surface area is 171 Å². The number of guanidine groups is 1. The number of nitrogens with zero attached hydrogens (tertiary/aromatic N) is 2. The van der Waals surface area contributed by atoms with Gasteiger partial charge in [0.25, 0.3) is 0 Å². The van der Waals surface area contributed by atoms with Gasteiger partial charge in [-0.15, -0.1) is 24.0 Å². The molecule has 8 heteroatoms. The summed E-state index contributed by atoms with van der Waals surface area (Å²) in [5, 5.41) is 10.5. The zero-order chi connectivity index (χ0) is 18.2. The second-order valence-corrected chi connectivity index (χ2v) is 5.60. The number of rotatable bonds is 7. The molecule has 2 N–H and O–H groups in total. The lowest BCUT2D eigenvalue weighted by molar-refractivity contribution is 0.355. The maximum absolute atomic E-state index is 5.31. The van der Waals surface area contributed by atoms with Gasteiger partial charge in [0, 0.05) is 30.9 Å². The van der Waals surface area contributed by atoms with Gasteiger partial charge in [0.15, 0.2) is 17.5 Å².